The van der Waals surface area contributed by atoms with E-state index in [1.807, 2.05) is 0 Å². The van der Waals surface area contributed by atoms with Crippen LogP contribution in [0.3, 0.4) is 0 Å². The van der Waals surface area contributed by atoms with E-state index in [0.717, 1.165) is 32.1 Å². The fourth-order valence-corrected chi connectivity index (χ4v) is 3.37. The average Bonchev–Trinajstić information content (AvgIpc) is 2.87. The van der Waals surface area contributed by atoms with Gasteiger partial charge in [0.1, 0.15) is 6.10 Å². The molecule has 1 aliphatic heterocycles. The first kappa shape index (κ1) is 14.8. The molecule has 0 aromatic carbocycles. The fourth-order valence-electron chi connectivity index (χ4n) is 3.37. The van der Waals surface area contributed by atoms with Crippen LogP contribution in [0.5, 0.6) is 0 Å². The molecule has 19 heavy (non-hydrogen) atoms. The monoisotopic (exact) mass is 270 g/mol. The summed E-state index contributed by atoms with van der Waals surface area (Å²) in [6.45, 7) is 2.65. The Labute approximate surface area is 114 Å². The number of rotatable bonds is 4. The van der Waals surface area contributed by atoms with E-state index in [0.29, 0.717) is 12.5 Å². The Morgan fingerprint density at radius 2 is 2.26 bits per heavy atom. The van der Waals surface area contributed by atoms with Crippen LogP contribution in [-0.4, -0.2) is 41.9 Å². The Kier molecular flexibility index (Phi) is 4.81. The van der Waals surface area contributed by atoms with E-state index in [2.05, 4.69) is 12.2 Å². The number of nitrogens with one attached hydrogen (secondary N) is 1. The minimum Gasteiger partial charge on any atom is -0.394 e. The van der Waals surface area contributed by atoms with Gasteiger partial charge in [-0.05, 0) is 31.6 Å². The molecule has 2 rings (SSSR count). The van der Waals surface area contributed by atoms with Gasteiger partial charge in [-0.25, -0.2) is 0 Å². The number of nitrogens with two attached hydrogens (primary N) is 1. The lowest BCUT2D eigenvalue weighted by atomic mass is 9.76. The third-order valence-corrected chi connectivity index (χ3v) is 4.45. The van der Waals surface area contributed by atoms with Crippen molar-refractivity contribution in [2.45, 2.75) is 63.2 Å². The Balaban J connectivity index is 1.93. The van der Waals surface area contributed by atoms with Crippen LogP contribution in [0.1, 0.15) is 45.4 Å². The van der Waals surface area contributed by atoms with Crippen molar-refractivity contribution >= 4 is 5.91 Å². The first-order valence-corrected chi connectivity index (χ1v) is 7.37. The number of aliphatic hydroxyl groups is 1. The minimum atomic E-state index is -0.446. The van der Waals surface area contributed by atoms with Gasteiger partial charge in [-0.2, -0.15) is 0 Å². The largest absolute Gasteiger partial charge is 0.394 e. The maximum Gasteiger partial charge on any atom is 0.249 e. The topological polar surface area (TPSA) is 84.6 Å². The highest BCUT2D eigenvalue weighted by Gasteiger charge is 2.39. The zero-order valence-corrected chi connectivity index (χ0v) is 11.7. The lowest BCUT2D eigenvalue weighted by Gasteiger charge is -2.39. The molecule has 1 heterocycles. The number of hydrogen-bond acceptors (Lipinski definition) is 4. The van der Waals surface area contributed by atoms with Gasteiger partial charge in [-0.1, -0.05) is 19.8 Å². The third-order valence-electron chi connectivity index (χ3n) is 4.45. The van der Waals surface area contributed by atoms with E-state index >= 15 is 0 Å². The first-order chi connectivity index (χ1) is 9.08. The molecule has 2 aliphatic rings. The van der Waals surface area contributed by atoms with Gasteiger partial charge < -0.3 is 20.9 Å². The van der Waals surface area contributed by atoms with Crippen LogP contribution in [0.4, 0.5) is 0 Å². The number of carbonyl (C=O) groups is 1. The second kappa shape index (κ2) is 6.20. The van der Waals surface area contributed by atoms with Crippen molar-refractivity contribution < 1.29 is 14.6 Å². The van der Waals surface area contributed by atoms with Crippen molar-refractivity contribution in [3.05, 3.63) is 0 Å². The highest BCUT2D eigenvalue weighted by molar-refractivity contribution is 5.81. The summed E-state index contributed by atoms with van der Waals surface area (Å²) in [5.41, 5.74) is 5.11. The molecule has 4 atom stereocenters. The molecule has 1 amide bonds. The predicted molar refractivity (Wildman–Crippen MR) is 72.5 cm³/mol. The SMILES string of the molecule is CC1CCCC(CO)(NC(=O)C2CCC(CN)O2)C1. The lowest BCUT2D eigenvalue weighted by molar-refractivity contribution is -0.135. The highest BCUT2D eigenvalue weighted by atomic mass is 16.5. The van der Waals surface area contributed by atoms with Crippen molar-refractivity contribution in [3.8, 4) is 0 Å². The number of hydrogen-bond donors (Lipinski definition) is 3. The van der Waals surface area contributed by atoms with Crippen molar-refractivity contribution in [2.75, 3.05) is 13.2 Å². The summed E-state index contributed by atoms with van der Waals surface area (Å²) >= 11 is 0. The Morgan fingerprint density at radius 3 is 2.84 bits per heavy atom. The molecule has 4 N–H and O–H groups in total. The molecule has 1 saturated carbocycles. The Morgan fingerprint density at radius 1 is 1.47 bits per heavy atom. The van der Waals surface area contributed by atoms with Crippen molar-refractivity contribution in [1.29, 1.82) is 0 Å². The zero-order valence-electron chi connectivity index (χ0n) is 11.7. The van der Waals surface area contributed by atoms with Crippen LogP contribution < -0.4 is 11.1 Å². The molecule has 5 heteroatoms. The van der Waals surface area contributed by atoms with Crippen LogP contribution in [0, 0.1) is 5.92 Å². The van der Waals surface area contributed by atoms with Gasteiger partial charge in [0.15, 0.2) is 0 Å². The molecule has 0 aromatic heterocycles. The number of amides is 1. The predicted octanol–water partition coefficient (Wildman–Crippen LogP) is 0.550. The molecular weight excluding hydrogens is 244 g/mol. The van der Waals surface area contributed by atoms with Crippen molar-refractivity contribution in [2.24, 2.45) is 11.7 Å². The molecule has 1 saturated heterocycles. The zero-order chi connectivity index (χ0) is 13.9. The van der Waals surface area contributed by atoms with E-state index in [1.54, 1.807) is 0 Å². The average molecular weight is 270 g/mol. The maximum atomic E-state index is 12.3. The van der Waals surface area contributed by atoms with Gasteiger partial charge in [0.05, 0.1) is 18.2 Å². The molecular formula is C14H26N2O3. The van der Waals surface area contributed by atoms with E-state index in [4.69, 9.17) is 10.5 Å². The third kappa shape index (κ3) is 3.46. The molecule has 1 aliphatic carbocycles. The van der Waals surface area contributed by atoms with Crippen LogP contribution in [0.25, 0.3) is 0 Å². The van der Waals surface area contributed by atoms with E-state index in [1.165, 1.54) is 6.42 Å². The van der Waals surface area contributed by atoms with Gasteiger partial charge in [-0.15, -0.1) is 0 Å². The van der Waals surface area contributed by atoms with Crippen LogP contribution in [0.2, 0.25) is 0 Å². The summed E-state index contributed by atoms with van der Waals surface area (Å²) < 4.78 is 5.61. The fraction of sp³-hybridized carbons (Fsp3) is 0.929. The van der Waals surface area contributed by atoms with Crippen molar-refractivity contribution in [3.63, 3.8) is 0 Å². The Hall–Kier alpha value is -0.650. The molecule has 110 valence electrons. The van der Waals surface area contributed by atoms with E-state index < -0.39 is 11.6 Å². The summed E-state index contributed by atoms with van der Waals surface area (Å²) in [5.74, 6) is 0.460. The maximum absolute atomic E-state index is 12.3. The van der Waals surface area contributed by atoms with E-state index in [-0.39, 0.29) is 18.6 Å². The van der Waals surface area contributed by atoms with Crippen molar-refractivity contribution in [1.82, 2.24) is 5.32 Å². The summed E-state index contributed by atoms with van der Waals surface area (Å²) in [7, 11) is 0. The van der Waals surface area contributed by atoms with Gasteiger partial charge in [0, 0.05) is 6.54 Å². The number of ether oxygens (including phenoxy) is 1. The second-order valence-electron chi connectivity index (χ2n) is 6.19. The standard InChI is InChI=1S/C14H26N2O3/c1-10-3-2-6-14(7-10,9-17)16-13(18)12-5-4-11(8-15)19-12/h10-12,17H,2-9,15H2,1H3,(H,16,18). The summed E-state index contributed by atoms with van der Waals surface area (Å²) in [6, 6.07) is 0. The highest BCUT2D eigenvalue weighted by Crippen LogP contribution is 2.32. The van der Waals surface area contributed by atoms with Crippen LogP contribution in [0.15, 0.2) is 0 Å². The lowest BCUT2D eigenvalue weighted by Crippen LogP contribution is -2.56. The molecule has 0 aromatic rings. The second-order valence-corrected chi connectivity index (χ2v) is 6.19. The van der Waals surface area contributed by atoms with E-state index in [9.17, 15) is 9.90 Å². The van der Waals surface area contributed by atoms with Crippen LogP contribution in [-0.2, 0) is 9.53 Å². The normalized spacial score (nSPS) is 39.2. The molecule has 5 nitrogen and oxygen atoms in total. The molecule has 4 unspecified atom stereocenters. The van der Waals surface area contributed by atoms with Gasteiger partial charge in [-0.3, -0.25) is 4.79 Å². The van der Waals surface area contributed by atoms with Gasteiger partial charge >= 0.3 is 0 Å². The molecule has 0 spiro atoms. The molecule has 0 radical (unpaired) electrons. The molecule has 0 bridgehead atoms. The number of aliphatic hydroxyl groups excluding tert-OH is 1. The summed E-state index contributed by atoms with van der Waals surface area (Å²) in [4.78, 5) is 12.3. The van der Waals surface area contributed by atoms with Gasteiger partial charge in [0.2, 0.25) is 5.91 Å². The van der Waals surface area contributed by atoms with Crippen LogP contribution >= 0.6 is 0 Å². The van der Waals surface area contributed by atoms with Gasteiger partial charge in [0.25, 0.3) is 0 Å². The first-order valence-electron chi connectivity index (χ1n) is 7.37. The number of carbonyl (C=O) groups excluding carboxylic acids is 1. The summed E-state index contributed by atoms with van der Waals surface area (Å²) in [5, 5.41) is 12.7. The molecule has 2 fully saturated rings. The Bertz CT molecular complexity index is 324. The summed E-state index contributed by atoms with van der Waals surface area (Å²) in [6.07, 6.45) is 5.11. The smallest absolute Gasteiger partial charge is 0.249 e. The quantitative estimate of drug-likeness (QED) is 0.696. The minimum absolute atomic E-state index is 0.00565.